The van der Waals surface area contributed by atoms with Gasteiger partial charge in [-0.25, -0.2) is 0 Å². The van der Waals surface area contributed by atoms with Crippen LogP contribution in [0.5, 0.6) is 0 Å². The Bertz CT molecular complexity index is 301. The lowest BCUT2D eigenvalue weighted by atomic mass is 9.86. The zero-order valence-electron chi connectivity index (χ0n) is 12.7. The van der Waals surface area contributed by atoms with Gasteiger partial charge >= 0.3 is 0 Å². The van der Waals surface area contributed by atoms with E-state index in [2.05, 4.69) is 39.5 Å². The van der Waals surface area contributed by atoms with E-state index in [1.165, 1.54) is 19.4 Å². The first-order chi connectivity index (χ1) is 8.25. The third-order valence-electron chi connectivity index (χ3n) is 4.72. The van der Waals surface area contributed by atoms with Crippen LogP contribution >= 0.6 is 0 Å². The molecule has 0 aromatic heterocycles. The Morgan fingerprint density at radius 1 is 1.28 bits per heavy atom. The number of piperidine rings is 1. The molecule has 2 N–H and O–H groups in total. The predicted octanol–water partition coefficient (Wildman–Crippen LogP) is 2.39. The van der Waals surface area contributed by atoms with Gasteiger partial charge in [0.2, 0.25) is 0 Å². The summed E-state index contributed by atoms with van der Waals surface area (Å²) >= 11 is 0. The van der Waals surface area contributed by atoms with E-state index < -0.39 is 0 Å². The van der Waals surface area contributed by atoms with Crippen molar-refractivity contribution < 1.29 is 4.74 Å². The Kier molecular flexibility index (Phi) is 3.79. The molecule has 0 aliphatic carbocycles. The summed E-state index contributed by atoms with van der Waals surface area (Å²) in [6.07, 6.45) is 3.65. The molecule has 3 atom stereocenters. The minimum atomic E-state index is -0.0580. The van der Waals surface area contributed by atoms with Crippen LogP contribution in [0.3, 0.4) is 0 Å². The number of rotatable bonds is 2. The van der Waals surface area contributed by atoms with Crippen LogP contribution in [0.2, 0.25) is 0 Å². The number of hydrogen-bond donors (Lipinski definition) is 1. The van der Waals surface area contributed by atoms with Crippen LogP contribution in [0, 0.1) is 5.92 Å². The van der Waals surface area contributed by atoms with Crippen LogP contribution in [0.4, 0.5) is 0 Å². The highest BCUT2D eigenvalue weighted by Gasteiger charge is 2.50. The first-order valence-electron chi connectivity index (χ1n) is 7.41. The standard InChI is InChI=1S/C15H30N2O/c1-11-6-7-17(12(8-11)10-16)13-9-14(2,3)18-15(13,4)5/h11-13H,6-10,16H2,1-5H3. The zero-order valence-corrected chi connectivity index (χ0v) is 12.7. The van der Waals surface area contributed by atoms with Crippen LogP contribution in [-0.4, -0.2) is 41.3 Å². The molecule has 106 valence electrons. The molecule has 2 fully saturated rings. The second kappa shape index (κ2) is 4.77. The maximum Gasteiger partial charge on any atom is 0.0789 e. The molecule has 3 nitrogen and oxygen atoms in total. The summed E-state index contributed by atoms with van der Waals surface area (Å²) in [7, 11) is 0. The lowest BCUT2D eigenvalue weighted by molar-refractivity contribution is -0.0876. The summed E-state index contributed by atoms with van der Waals surface area (Å²) in [5, 5.41) is 0. The molecule has 0 saturated carbocycles. The normalized spacial score (nSPS) is 40.0. The van der Waals surface area contributed by atoms with Crippen molar-refractivity contribution in [3.63, 3.8) is 0 Å². The van der Waals surface area contributed by atoms with Crippen LogP contribution < -0.4 is 5.73 Å². The molecule has 2 aliphatic rings. The van der Waals surface area contributed by atoms with E-state index >= 15 is 0 Å². The lowest BCUT2D eigenvalue weighted by Crippen LogP contribution is -2.56. The highest BCUT2D eigenvalue weighted by Crippen LogP contribution is 2.42. The fourth-order valence-corrected chi connectivity index (χ4v) is 3.96. The summed E-state index contributed by atoms with van der Waals surface area (Å²) in [6.45, 7) is 13.2. The van der Waals surface area contributed by atoms with Gasteiger partial charge in [-0.05, 0) is 59.4 Å². The molecule has 2 heterocycles. The monoisotopic (exact) mass is 254 g/mol. The van der Waals surface area contributed by atoms with Crippen molar-refractivity contribution >= 4 is 0 Å². The van der Waals surface area contributed by atoms with Crippen molar-refractivity contribution in [1.82, 2.24) is 4.90 Å². The van der Waals surface area contributed by atoms with Crippen molar-refractivity contribution in [2.45, 2.75) is 77.2 Å². The van der Waals surface area contributed by atoms with Crippen LogP contribution in [-0.2, 0) is 4.74 Å². The fourth-order valence-electron chi connectivity index (χ4n) is 3.96. The highest BCUT2D eigenvalue weighted by atomic mass is 16.5. The topological polar surface area (TPSA) is 38.5 Å². The summed E-state index contributed by atoms with van der Waals surface area (Å²) in [6, 6.07) is 1.05. The highest BCUT2D eigenvalue weighted by molar-refractivity contribution is 5.02. The van der Waals surface area contributed by atoms with Gasteiger partial charge in [-0.1, -0.05) is 6.92 Å². The Labute approximate surface area is 112 Å². The minimum absolute atomic E-state index is 0.00359. The molecule has 0 bridgehead atoms. The van der Waals surface area contributed by atoms with Crippen molar-refractivity contribution in [3.05, 3.63) is 0 Å². The third-order valence-corrected chi connectivity index (χ3v) is 4.72. The van der Waals surface area contributed by atoms with Crippen LogP contribution in [0.25, 0.3) is 0 Å². The van der Waals surface area contributed by atoms with E-state index in [9.17, 15) is 0 Å². The van der Waals surface area contributed by atoms with Gasteiger partial charge in [0.25, 0.3) is 0 Å². The molecule has 0 radical (unpaired) electrons. The van der Waals surface area contributed by atoms with Crippen LogP contribution in [0.15, 0.2) is 0 Å². The van der Waals surface area contributed by atoms with Crippen molar-refractivity contribution in [1.29, 1.82) is 0 Å². The Morgan fingerprint density at radius 2 is 1.94 bits per heavy atom. The third kappa shape index (κ3) is 2.73. The average molecular weight is 254 g/mol. The molecule has 0 amide bonds. The SMILES string of the molecule is CC1CCN(C2CC(C)(C)OC2(C)C)C(CN)C1. The van der Waals surface area contributed by atoms with Crippen molar-refractivity contribution in [3.8, 4) is 0 Å². The van der Waals surface area contributed by atoms with E-state index in [-0.39, 0.29) is 11.2 Å². The fraction of sp³-hybridized carbons (Fsp3) is 1.00. The number of hydrogen-bond acceptors (Lipinski definition) is 3. The van der Waals surface area contributed by atoms with Gasteiger partial charge < -0.3 is 10.5 Å². The maximum absolute atomic E-state index is 6.24. The number of nitrogens with two attached hydrogens (primary N) is 1. The lowest BCUT2D eigenvalue weighted by Gasteiger charge is -2.45. The van der Waals surface area contributed by atoms with Crippen molar-refractivity contribution in [2.75, 3.05) is 13.1 Å². The molecule has 2 aliphatic heterocycles. The predicted molar refractivity (Wildman–Crippen MR) is 75.6 cm³/mol. The van der Waals surface area contributed by atoms with E-state index in [1.807, 2.05) is 0 Å². The van der Waals surface area contributed by atoms with E-state index in [1.54, 1.807) is 0 Å². The second-order valence-corrected chi connectivity index (χ2v) is 7.44. The molecular weight excluding hydrogens is 224 g/mol. The number of likely N-dealkylation sites (tertiary alicyclic amines) is 1. The van der Waals surface area contributed by atoms with Gasteiger partial charge in [0.05, 0.1) is 11.2 Å². The molecule has 0 spiro atoms. The average Bonchev–Trinajstić information content (AvgIpc) is 2.46. The first kappa shape index (κ1) is 14.3. The molecule has 3 unspecified atom stereocenters. The Morgan fingerprint density at radius 3 is 2.44 bits per heavy atom. The van der Waals surface area contributed by atoms with Crippen LogP contribution in [0.1, 0.15) is 53.9 Å². The summed E-state index contributed by atoms with van der Waals surface area (Å²) in [4.78, 5) is 2.63. The molecule has 18 heavy (non-hydrogen) atoms. The van der Waals surface area contributed by atoms with Gasteiger partial charge in [0.1, 0.15) is 0 Å². The molecule has 0 aromatic carbocycles. The smallest absolute Gasteiger partial charge is 0.0789 e. The second-order valence-electron chi connectivity index (χ2n) is 7.44. The number of ether oxygens (including phenoxy) is 1. The summed E-state index contributed by atoms with van der Waals surface area (Å²) in [5.41, 5.74) is 5.94. The first-order valence-corrected chi connectivity index (χ1v) is 7.41. The van der Waals surface area contributed by atoms with Crippen molar-refractivity contribution in [2.24, 2.45) is 11.7 Å². The van der Waals surface area contributed by atoms with Gasteiger partial charge in [-0.2, -0.15) is 0 Å². The van der Waals surface area contributed by atoms with Gasteiger partial charge in [-0.15, -0.1) is 0 Å². The van der Waals surface area contributed by atoms with E-state index in [0.717, 1.165) is 18.9 Å². The summed E-state index contributed by atoms with van der Waals surface area (Å²) < 4.78 is 6.24. The van der Waals surface area contributed by atoms with Gasteiger partial charge in [0.15, 0.2) is 0 Å². The van der Waals surface area contributed by atoms with E-state index in [4.69, 9.17) is 10.5 Å². The molecule has 2 saturated heterocycles. The maximum atomic E-state index is 6.24. The molecular formula is C15H30N2O. The molecule has 3 heteroatoms. The Balaban J connectivity index is 2.15. The quantitative estimate of drug-likeness (QED) is 0.822. The number of nitrogens with zero attached hydrogens (tertiary/aromatic N) is 1. The minimum Gasteiger partial charge on any atom is -0.368 e. The largest absolute Gasteiger partial charge is 0.368 e. The van der Waals surface area contributed by atoms with E-state index in [0.29, 0.717) is 12.1 Å². The molecule has 2 rings (SSSR count). The summed E-state index contributed by atoms with van der Waals surface area (Å²) in [5.74, 6) is 0.813. The van der Waals surface area contributed by atoms with Gasteiger partial charge in [-0.3, -0.25) is 4.90 Å². The molecule has 0 aromatic rings. The van der Waals surface area contributed by atoms with Gasteiger partial charge in [0, 0.05) is 18.6 Å². The zero-order chi connectivity index (χ0) is 13.6. The Hall–Kier alpha value is -0.120.